The van der Waals surface area contributed by atoms with Crippen LogP contribution in [0.5, 0.6) is 11.5 Å². The van der Waals surface area contributed by atoms with Crippen molar-refractivity contribution >= 4 is 5.91 Å². The summed E-state index contributed by atoms with van der Waals surface area (Å²) >= 11 is 0. The van der Waals surface area contributed by atoms with E-state index in [9.17, 15) is 18.0 Å². The lowest BCUT2D eigenvalue weighted by Gasteiger charge is -2.16. The van der Waals surface area contributed by atoms with Gasteiger partial charge in [0.15, 0.2) is 0 Å². The summed E-state index contributed by atoms with van der Waals surface area (Å²) in [5.74, 6) is 1.35. The smallest absolute Gasteiger partial charge is 0.416 e. The maximum absolute atomic E-state index is 12.6. The van der Waals surface area contributed by atoms with Gasteiger partial charge in [-0.1, -0.05) is 13.3 Å². The van der Waals surface area contributed by atoms with Crippen molar-refractivity contribution < 1.29 is 22.7 Å². The van der Waals surface area contributed by atoms with Crippen molar-refractivity contribution in [3.8, 4) is 11.5 Å². The van der Waals surface area contributed by atoms with Crippen LogP contribution in [0.4, 0.5) is 13.2 Å². The number of carbonyl (C=O) groups excluding carboxylic acids is 1. The van der Waals surface area contributed by atoms with E-state index in [2.05, 4.69) is 6.92 Å². The van der Waals surface area contributed by atoms with Gasteiger partial charge in [0.25, 0.3) is 5.91 Å². The van der Waals surface area contributed by atoms with E-state index in [1.165, 1.54) is 12.1 Å². The minimum absolute atomic E-state index is 0.00188. The summed E-state index contributed by atoms with van der Waals surface area (Å²) in [6.07, 6.45) is -2.26. The first-order valence-corrected chi connectivity index (χ1v) is 8.61. The number of alkyl halides is 3. The van der Waals surface area contributed by atoms with Gasteiger partial charge in [0.1, 0.15) is 11.5 Å². The summed E-state index contributed by atoms with van der Waals surface area (Å²) in [4.78, 5) is 14.3. The van der Waals surface area contributed by atoms with Crippen molar-refractivity contribution in [2.24, 2.45) is 5.92 Å². The molecule has 1 aliphatic rings. The van der Waals surface area contributed by atoms with Gasteiger partial charge >= 0.3 is 6.18 Å². The Hall–Kier alpha value is -2.50. The van der Waals surface area contributed by atoms with Gasteiger partial charge in [0, 0.05) is 18.7 Å². The maximum atomic E-state index is 12.6. The van der Waals surface area contributed by atoms with Crippen molar-refractivity contribution in [1.29, 1.82) is 0 Å². The molecule has 2 aromatic rings. The number of halogens is 3. The van der Waals surface area contributed by atoms with Gasteiger partial charge in [0.05, 0.1) is 5.56 Å². The fourth-order valence-electron chi connectivity index (χ4n) is 3.05. The predicted molar refractivity (Wildman–Crippen MR) is 92.3 cm³/mol. The van der Waals surface area contributed by atoms with Crippen molar-refractivity contribution in [3.63, 3.8) is 0 Å². The Morgan fingerprint density at radius 1 is 1.08 bits per heavy atom. The van der Waals surface area contributed by atoms with E-state index >= 15 is 0 Å². The lowest BCUT2D eigenvalue weighted by Crippen LogP contribution is -2.28. The number of hydrogen-bond acceptors (Lipinski definition) is 2. The fourth-order valence-corrected chi connectivity index (χ4v) is 3.05. The zero-order valence-corrected chi connectivity index (χ0v) is 14.4. The first-order chi connectivity index (χ1) is 12.4. The van der Waals surface area contributed by atoms with Gasteiger partial charge < -0.3 is 9.64 Å². The van der Waals surface area contributed by atoms with Gasteiger partial charge in [-0.3, -0.25) is 4.79 Å². The fraction of sp³-hybridized carbons (Fsp3) is 0.350. The molecular weight excluding hydrogens is 343 g/mol. The van der Waals surface area contributed by atoms with Gasteiger partial charge in [0.2, 0.25) is 0 Å². The molecule has 0 saturated carbocycles. The average Bonchev–Trinajstić information content (AvgIpc) is 3.11. The van der Waals surface area contributed by atoms with Gasteiger partial charge in [-0.05, 0) is 60.9 Å². The van der Waals surface area contributed by atoms with Crippen molar-refractivity contribution in [3.05, 3.63) is 59.7 Å². The molecule has 0 aliphatic carbocycles. The number of carbonyl (C=O) groups is 1. The molecule has 1 aliphatic heterocycles. The average molecular weight is 363 g/mol. The minimum Gasteiger partial charge on any atom is -0.457 e. The van der Waals surface area contributed by atoms with E-state index in [4.69, 9.17) is 4.74 Å². The van der Waals surface area contributed by atoms with E-state index < -0.39 is 11.7 Å². The maximum Gasteiger partial charge on any atom is 0.416 e. The summed E-state index contributed by atoms with van der Waals surface area (Å²) in [6.45, 7) is 3.70. The summed E-state index contributed by atoms with van der Waals surface area (Å²) in [6, 6.07) is 11.2. The highest BCUT2D eigenvalue weighted by Crippen LogP contribution is 2.31. The number of ether oxygens (including phenoxy) is 1. The van der Waals surface area contributed by atoms with E-state index in [1.54, 1.807) is 24.3 Å². The van der Waals surface area contributed by atoms with Crippen LogP contribution < -0.4 is 4.74 Å². The standard InChI is InChI=1S/C20H20F3NO2/c1-2-14-11-12-24(13-14)19(25)15-3-7-17(8-4-15)26-18-9-5-16(6-10-18)20(21,22)23/h3-10,14H,2,11-13H2,1H3. The molecule has 3 rings (SSSR count). The number of nitrogens with zero attached hydrogens (tertiary/aromatic N) is 1. The number of amides is 1. The number of likely N-dealkylation sites (tertiary alicyclic amines) is 1. The minimum atomic E-state index is -4.37. The molecule has 1 heterocycles. The molecule has 138 valence electrons. The van der Waals surface area contributed by atoms with Crippen molar-refractivity contribution in [2.75, 3.05) is 13.1 Å². The second-order valence-electron chi connectivity index (χ2n) is 6.46. The Morgan fingerprint density at radius 2 is 1.65 bits per heavy atom. The second kappa shape index (κ2) is 7.40. The van der Waals surface area contributed by atoms with Crippen LogP contribution in [0.3, 0.4) is 0 Å². The Labute approximate surface area is 150 Å². The van der Waals surface area contributed by atoms with Crippen LogP contribution in [-0.2, 0) is 6.18 Å². The molecule has 1 unspecified atom stereocenters. The normalized spacial score (nSPS) is 17.4. The summed E-state index contributed by atoms with van der Waals surface area (Å²) in [5.41, 5.74) is -0.136. The molecule has 0 radical (unpaired) electrons. The lowest BCUT2D eigenvalue weighted by atomic mass is 10.1. The largest absolute Gasteiger partial charge is 0.457 e. The van der Waals surface area contributed by atoms with Crippen LogP contribution in [0.25, 0.3) is 0 Å². The monoisotopic (exact) mass is 363 g/mol. The van der Waals surface area contributed by atoms with Crippen molar-refractivity contribution in [2.45, 2.75) is 25.9 Å². The predicted octanol–water partition coefficient (Wildman–Crippen LogP) is 5.37. The van der Waals surface area contributed by atoms with Gasteiger partial charge in [-0.15, -0.1) is 0 Å². The van der Waals surface area contributed by atoms with E-state index in [1.807, 2.05) is 4.90 Å². The van der Waals surface area contributed by atoms with E-state index in [0.717, 1.165) is 38.1 Å². The molecule has 1 amide bonds. The van der Waals surface area contributed by atoms with Gasteiger partial charge in [-0.2, -0.15) is 13.2 Å². The van der Waals surface area contributed by atoms with Crippen LogP contribution >= 0.6 is 0 Å². The Kier molecular flexibility index (Phi) is 5.20. The van der Waals surface area contributed by atoms with Crippen LogP contribution in [0.15, 0.2) is 48.5 Å². The quantitative estimate of drug-likeness (QED) is 0.731. The summed E-state index contributed by atoms with van der Waals surface area (Å²) < 4.78 is 43.2. The Balaban J connectivity index is 1.63. The summed E-state index contributed by atoms with van der Waals surface area (Å²) in [5, 5.41) is 0. The van der Waals surface area contributed by atoms with Gasteiger partial charge in [-0.25, -0.2) is 0 Å². The first kappa shape index (κ1) is 18.3. The molecule has 0 bridgehead atoms. The highest BCUT2D eigenvalue weighted by Gasteiger charge is 2.30. The molecule has 2 aromatic carbocycles. The molecule has 0 spiro atoms. The third kappa shape index (κ3) is 4.18. The molecular formula is C20H20F3NO2. The Morgan fingerprint density at radius 3 is 2.15 bits per heavy atom. The van der Waals surface area contributed by atoms with Crippen LogP contribution in [0.1, 0.15) is 35.7 Å². The first-order valence-electron chi connectivity index (χ1n) is 8.61. The number of hydrogen-bond donors (Lipinski definition) is 0. The second-order valence-corrected chi connectivity index (χ2v) is 6.46. The van der Waals surface area contributed by atoms with E-state index in [0.29, 0.717) is 23.0 Å². The molecule has 0 aromatic heterocycles. The summed E-state index contributed by atoms with van der Waals surface area (Å²) in [7, 11) is 0. The molecule has 1 fully saturated rings. The topological polar surface area (TPSA) is 29.5 Å². The highest BCUT2D eigenvalue weighted by molar-refractivity contribution is 5.94. The number of rotatable bonds is 4. The lowest BCUT2D eigenvalue weighted by molar-refractivity contribution is -0.137. The van der Waals surface area contributed by atoms with Crippen molar-refractivity contribution in [1.82, 2.24) is 4.90 Å². The molecule has 1 saturated heterocycles. The zero-order valence-electron chi connectivity index (χ0n) is 14.4. The number of benzene rings is 2. The SMILES string of the molecule is CCC1CCN(C(=O)c2ccc(Oc3ccc(C(F)(F)F)cc3)cc2)C1. The van der Waals surface area contributed by atoms with Crippen LogP contribution in [-0.4, -0.2) is 23.9 Å². The highest BCUT2D eigenvalue weighted by atomic mass is 19.4. The van der Waals surface area contributed by atoms with Crippen LogP contribution in [0, 0.1) is 5.92 Å². The molecule has 1 atom stereocenters. The Bertz CT molecular complexity index is 754. The molecule has 26 heavy (non-hydrogen) atoms. The zero-order chi connectivity index (χ0) is 18.7. The molecule has 0 N–H and O–H groups in total. The molecule has 3 nitrogen and oxygen atoms in total. The van der Waals surface area contributed by atoms with Crippen LogP contribution in [0.2, 0.25) is 0 Å². The molecule has 6 heteroatoms. The third-order valence-corrected chi connectivity index (χ3v) is 4.67. The third-order valence-electron chi connectivity index (χ3n) is 4.67. The van der Waals surface area contributed by atoms with E-state index in [-0.39, 0.29) is 5.91 Å².